The Morgan fingerprint density at radius 1 is 1.10 bits per heavy atom. The number of aliphatic hydroxyl groups excluding tert-OH is 1. The van der Waals surface area contributed by atoms with Crippen molar-refractivity contribution in [2.24, 2.45) is 0 Å². The van der Waals surface area contributed by atoms with Crippen LogP contribution in [-0.2, 0) is 13.0 Å². The van der Waals surface area contributed by atoms with Gasteiger partial charge in [-0.2, -0.15) is 0 Å². The van der Waals surface area contributed by atoms with E-state index in [4.69, 9.17) is 4.74 Å². The lowest BCUT2D eigenvalue weighted by atomic mass is 10.00. The second-order valence-corrected chi connectivity index (χ2v) is 7.42. The summed E-state index contributed by atoms with van der Waals surface area (Å²) in [5, 5.41) is 13.2. The second-order valence-electron chi connectivity index (χ2n) is 7.42. The Labute approximate surface area is 176 Å². The Kier molecular flexibility index (Phi) is 6.37. The third-order valence-electron chi connectivity index (χ3n) is 5.12. The molecule has 0 aliphatic carbocycles. The van der Waals surface area contributed by atoms with Crippen molar-refractivity contribution in [2.75, 3.05) is 25.0 Å². The molecule has 0 fully saturated rings. The van der Waals surface area contributed by atoms with E-state index in [2.05, 4.69) is 39.5 Å². The van der Waals surface area contributed by atoms with E-state index in [0.29, 0.717) is 23.7 Å². The van der Waals surface area contributed by atoms with Gasteiger partial charge in [0.05, 0.1) is 0 Å². The lowest BCUT2D eigenvalue weighted by molar-refractivity contribution is 0.0637. The largest absolute Gasteiger partial charge is 0.491 e. The third kappa shape index (κ3) is 5.23. The normalized spacial score (nSPS) is 14.6. The van der Waals surface area contributed by atoms with Crippen molar-refractivity contribution in [3.8, 4) is 5.75 Å². The van der Waals surface area contributed by atoms with Gasteiger partial charge in [0, 0.05) is 31.4 Å². The number of aromatic nitrogens is 1. The van der Waals surface area contributed by atoms with Crippen molar-refractivity contribution in [3.63, 3.8) is 0 Å². The van der Waals surface area contributed by atoms with Gasteiger partial charge in [0.15, 0.2) is 0 Å². The molecule has 1 aliphatic heterocycles. The number of nitrogens with zero attached hydrogens (tertiary/aromatic N) is 2. The van der Waals surface area contributed by atoms with Gasteiger partial charge in [0.1, 0.15) is 24.3 Å². The van der Waals surface area contributed by atoms with Gasteiger partial charge >= 0.3 is 0 Å². The highest BCUT2D eigenvalue weighted by Gasteiger charge is 2.19. The highest BCUT2D eigenvalue weighted by molar-refractivity contribution is 6.03. The van der Waals surface area contributed by atoms with Crippen LogP contribution in [0.3, 0.4) is 0 Å². The number of amides is 1. The molecule has 0 bridgehead atoms. The van der Waals surface area contributed by atoms with Gasteiger partial charge < -0.3 is 15.2 Å². The molecule has 4 rings (SSSR count). The fourth-order valence-corrected chi connectivity index (χ4v) is 3.61. The number of carbonyl (C=O) groups excluding carboxylic acids is 1. The van der Waals surface area contributed by atoms with Crippen LogP contribution in [0, 0.1) is 0 Å². The molecule has 154 valence electrons. The number of rotatable bonds is 7. The number of nitrogens with one attached hydrogen (secondary N) is 1. The van der Waals surface area contributed by atoms with Crippen molar-refractivity contribution in [3.05, 3.63) is 89.6 Å². The Morgan fingerprint density at radius 3 is 2.77 bits per heavy atom. The third-order valence-corrected chi connectivity index (χ3v) is 5.12. The maximum atomic E-state index is 12.4. The fourth-order valence-electron chi connectivity index (χ4n) is 3.61. The van der Waals surface area contributed by atoms with E-state index in [1.54, 1.807) is 42.6 Å². The summed E-state index contributed by atoms with van der Waals surface area (Å²) < 4.78 is 5.75. The molecule has 6 heteroatoms. The van der Waals surface area contributed by atoms with Crippen LogP contribution in [0.2, 0.25) is 0 Å². The minimum Gasteiger partial charge on any atom is -0.491 e. The topological polar surface area (TPSA) is 74.7 Å². The first-order valence-corrected chi connectivity index (χ1v) is 10.1. The molecule has 6 nitrogen and oxygen atoms in total. The number of anilines is 1. The van der Waals surface area contributed by atoms with Crippen LogP contribution in [0.4, 0.5) is 5.82 Å². The maximum absolute atomic E-state index is 12.4. The van der Waals surface area contributed by atoms with Crippen LogP contribution in [0.25, 0.3) is 0 Å². The predicted octanol–water partition coefficient (Wildman–Crippen LogP) is 3.13. The van der Waals surface area contributed by atoms with Gasteiger partial charge in [0.2, 0.25) is 0 Å². The summed E-state index contributed by atoms with van der Waals surface area (Å²) in [6, 6.07) is 20.7. The number of β-amino-alcohol motifs (C(OH)–C–C–N with tert-alkyl or cyclic N) is 1. The molecular weight excluding hydrogens is 378 g/mol. The maximum Gasteiger partial charge on any atom is 0.256 e. The highest BCUT2D eigenvalue weighted by atomic mass is 16.5. The highest BCUT2D eigenvalue weighted by Crippen LogP contribution is 2.19. The number of carbonyl (C=O) groups is 1. The van der Waals surface area contributed by atoms with Crippen LogP contribution in [0.5, 0.6) is 5.75 Å². The van der Waals surface area contributed by atoms with E-state index in [1.165, 1.54) is 11.1 Å². The summed E-state index contributed by atoms with van der Waals surface area (Å²) >= 11 is 0. The monoisotopic (exact) mass is 403 g/mol. The van der Waals surface area contributed by atoms with Gasteiger partial charge in [0.25, 0.3) is 5.91 Å². The smallest absolute Gasteiger partial charge is 0.256 e. The number of fused-ring (bicyclic) bond motifs is 1. The quantitative estimate of drug-likeness (QED) is 0.634. The number of hydrogen-bond donors (Lipinski definition) is 2. The standard InChI is InChI=1S/C24H25N3O3/c28-21(16-27-13-11-18-6-1-2-7-20(18)15-27)17-30-22-9-5-8-19(14-22)24(29)26-23-10-3-4-12-25-23/h1-10,12,14,21,28H,11,13,15-17H2,(H,25,26,29). The van der Waals surface area contributed by atoms with Crippen LogP contribution < -0.4 is 10.1 Å². The second kappa shape index (κ2) is 9.52. The molecule has 1 aromatic heterocycles. The predicted molar refractivity (Wildman–Crippen MR) is 116 cm³/mol. The van der Waals surface area contributed by atoms with Crippen molar-refractivity contribution in [1.29, 1.82) is 0 Å². The first kappa shape index (κ1) is 20.1. The van der Waals surface area contributed by atoms with Crippen LogP contribution in [0.15, 0.2) is 72.9 Å². The van der Waals surface area contributed by atoms with E-state index in [9.17, 15) is 9.90 Å². The molecule has 30 heavy (non-hydrogen) atoms. The first-order valence-electron chi connectivity index (χ1n) is 10.1. The number of hydrogen-bond acceptors (Lipinski definition) is 5. The van der Waals surface area contributed by atoms with Gasteiger partial charge in [-0.1, -0.05) is 36.4 Å². The molecule has 3 aromatic rings. The molecule has 2 N–H and O–H groups in total. The average Bonchev–Trinajstić information content (AvgIpc) is 2.78. The average molecular weight is 403 g/mol. The number of aliphatic hydroxyl groups is 1. The summed E-state index contributed by atoms with van der Waals surface area (Å²) in [5.41, 5.74) is 3.18. The van der Waals surface area contributed by atoms with E-state index in [0.717, 1.165) is 19.5 Å². The summed E-state index contributed by atoms with van der Waals surface area (Å²) in [5.74, 6) is 0.783. The molecule has 0 saturated heterocycles. The Balaban J connectivity index is 1.28. The van der Waals surface area contributed by atoms with Crippen molar-refractivity contribution in [2.45, 2.75) is 19.1 Å². The zero-order valence-electron chi connectivity index (χ0n) is 16.7. The minimum atomic E-state index is -0.610. The molecule has 1 aliphatic rings. The van der Waals surface area contributed by atoms with Gasteiger partial charge in [-0.05, 0) is 47.9 Å². The summed E-state index contributed by atoms with van der Waals surface area (Å²) in [6.07, 6.45) is 2.01. The zero-order valence-corrected chi connectivity index (χ0v) is 16.7. The Hall–Kier alpha value is -3.22. The number of benzene rings is 2. The molecule has 1 amide bonds. The van der Waals surface area contributed by atoms with Crippen LogP contribution in [-0.4, -0.2) is 46.7 Å². The van der Waals surface area contributed by atoms with Crippen LogP contribution >= 0.6 is 0 Å². The van der Waals surface area contributed by atoms with E-state index < -0.39 is 6.10 Å². The lowest BCUT2D eigenvalue weighted by Gasteiger charge is -2.30. The molecular formula is C24H25N3O3. The molecule has 2 aromatic carbocycles. The Morgan fingerprint density at radius 2 is 1.93 bits per heavy atom. The lowest BCUT2D eigenvalue weighted by Crippen LogP contribution is -2.38. The summed E-state index contributed by atoms with van der Waals surface area (Å²) in [6.45, 7) is 2.49. The first-order chi connectivity index (χ1) is 14.7. The fraction of sp³-hybridized carbons (Fsp3) is 0.250. The van der Waals surface area contributed by atoms with Crippen molar-refractivity contribution in [1.82, 2.24) is 9.88 Å². The SMILES string of the molecule is O=C(Nc1ccccn1)c1cccc(OCC(O)CN2CCc3ccccc3C2)c1. The molecule has 0 saturated carbocycles. The van der Waals surface area contributed by atoms with Gasteiger partial charge in [-0.15, -0.1) is 0 Å². The molecule has 1 unspecified atom stereocenters. The Bertz CT molecular complexity index is 994. The van der Waals surface area contributed by atoms with Gasteiger partial charge in [-0.3, -0.25) is 9.69 Å². The number of pyridine rings is 1. The minimum absolute atomic E-state index is 0.170. The summed E-state index contributed by atoms with van der Waals surface area (Å²) in [7, 11) is 0. The van der Waals surface area contributed by atoms with E-state index >= 15 is 0 Å². The number of ether oxygens (including phenoxy) is 1. The van der Waals surface area contributed by atoms with E-state index in [1.807, 2.05) is 6.07 Å². The van der Waals surface area contributed by atoms with Crippen LogP contribution in [0.1, 0.15) is 21.5 Å². The van der Waals surface area contributed by atoms with E-state index in [-0.39, 0.29) is 12.5 Å². The zero-order chi connectivity index (χ0) is 20.8. The molecule has 2 heterocycles. The molecule has 1 atom stereocenters. The molecule has 0 spiro atoms. The van der Waals surface area contributed by atoms with Crippen molar-refractivity contribution >= 4 is 11.7 Å². The van der Waals surface area contributed by atoms with Gasteiger partial charge in [-0.25, -0.2) is 4.98 Å². The van der Waals surface area contributed by atoms with Crippen molar-refractivity contribution < 1.29 is 14.6 Å². The molecule has 0 radical (unpaired) electrons. The summed E-state index contributed by atoms with van der Waals surface area (Å²) in [4.78, 5) is 18.7.